The number of carbonyl (C=O) groups is 1. The van der Waals surface area contributed by atoms with Gasteiger partial charge in [0.05, 0.1) is 7.11 Å². The van der Waals surface area contributed by atoms with Gasteiger partial charge in [-0.2, -0.15) is 0 Å². The summed E-state index contributed by atoms with van der Waals surface area (Å²) in [4.78, 5) is 11.8. The number of benzene rings is 3. The molecule has 3 aromatic carbocycles. The Morgan fingerprint density at radius 2 is 1.67 bits per heavy atom. The second-order valence-electron chi connectivity index (χ2n) is 11.7. The third kappa shape index (κ3) is 8.51. The van der Waals surface area contributed by atoms with Crippen LogP contribution in [0.1, 0.15) is 100 Å². The van der Waals surface area contributed by atoms with Crippen LogP contribution in [0.15, 0.2) is 78.6 Å². The standard InChI is InChI=1S/C38H46Cl2FNO3/c1-9-12-24(4)19-34(33-20-28(39)15-18-36(33)45-38(10-2,11-3)27(7)44-8)37(26(6)32-22-30(41)16-13-25(32)5)31-17-14-29(40)21-35(31)42-23-43/h12-18,20-23,26,34,37H,7,9-11,19H2,1-6,8H3,(H,42,43)/b24-12-. The average molecular weight is 655 g/mol. The Hall–Kier alpha value is -3.28. The van der Waals surface area contributed by atoms with E-state index in [-0.39, 0.29) is 23.6 Å². The molecule has 0 aliphatic rings. The van der Waals surface area contributed by atoms with Crippen LogP contribution in [0.25, 0.3) is 0 Å². The third-order valence-corrected chi connectivity index (χ3v) is 9.43. The lowest BCUT2D eigenvalue weighted by molar-refractivity contribution is -0.105. The van der Waals surface area contributed by atoms with Crippen molar-refractivity contribution in [1.82, 2.24) is 0 Å². The highest BCUT2D eigenvalue weighted by Crippen LogP contribution is 2.52. The topological polar surface area (TPSA) is 47.6 Å². The fraction of sp³-hybridized carbons (Fsp3) is 0.395. The smallest absolute Gasteiger partial charge is 0.211 e. The Balaban J connectivity index is 2.43. The summed E-state index contributed by atoms with van der Waals surface area (Å²) in [7, 11) is 1.61. The van der Waals surface area contributed by atoms with Crippen LogP contribution < -0.4 is 10.1 Å². The van der Waals surface area contributed by atoms with Crippen LogP contribution in [-0.2, 0) is 9.53 Å². The molecule has 0 saturated carbocycles. The summed E-state index contributed by atoms with van der Waals surface area (Å²) in [6.45, 7) is 16.6. The fourth-order valence-corrected chi connectivity index (χ4v) is 6.84. The molecule has 4 nitrogen and oxygen atoms in total. The van der Waals surface area contributed by atoms with Gasteiger partial charge in [0.25, 0.3) is 0 Å². The van der Waals surface area contributed by atoms with E-state index in [1.54, 1.807) is 19.2 Å². The first-order valence-electron chi connectivity index (χ1n) is 15.6. The largest absolute Gasteiger partial charge is 0.497 e. The second kappa shape index (κ2) is 16.3. The maximum atomic E-state index is 14.8. The number of allylic oxidation sites excluding steroid dienone is 2. The molecule has 0 aromatic heterocycles. The van der Waals surface area contributed by atoms with Gasteiger partial charge in [-0.1, -0.05) is 81.3 Å². The molecular formula is C38H46Cl2FNO3. The number of hydrogen-bond acceptors (Lipinski definition) is 3. The summed E-state index contributed by atoms with van der Waals surface area (Å²) in [6.07, 6.45) is 5.70. The van der Waals surface area contributed by atoms with Crippen molar-refractivity contribution in [1.29, 1.82) is 0 Å². The number of amides is 1. The number of halogens is 3. The molecule has 242 valence electrons. The molecule has 3 atom stereocenters. The number of anilines is 1. The number of aryl methyl sites for hydroxylation is 1. The Morgan fingerprint density at radius 3 is 2.29 bits per heavy atom. The molecule has 0 heterocycles. The van der Waals surface area contributed by atoms with E-state index in [9.17, 15) is 9.18 Å². The molecule has 0 aliphatic heterocycles. The van der Waals surface area contributed by atoms with Crippen molar-refractivity contribution in [3.63, 3.8) is 0 Å². The summed E-state index contributed by atoms with van der Waals surface area (Å²) in [5.74, 6) is 0.230. The Kier molecular flexibility index (Phi) is 13.1. The zero-order valence-corrected chi connectivity index (χ0v) is 29.0. The van der Waals surface area contributed by atoms with E-state index < -0.39 is 5.60 Å². The minimum Gasteiger partial charge on any atom is -0.497 e. The van der Waals surface area contributed by atoms with Crippen LogP contribution in [0.4, 0.5) is 10.1 Å². The van der Waals surface area contributed by atoms with Crippen LogP contribution in [0.3, 0.4) is 0 Å². The monoisotopic (exact) mass is 653 g/mol. The number of rotatable bonds is 16. The fourth-order valence-electron chi connectivity index (χ4n) is 6.49. The average Bonchev–Trinajstić information content (AvgIpc) is 3.02. The highest BCUT2D eigenvalue weighted by molar-refractivity contribution is 6.31. The number of ether oxygens (including phenoxy) is 2. The van der Waals surface area contributed by atoms with E-state index in [1.807, 2.05) is 43.3 Å². The third-order valence-electron chi connectivity index (χ3n) is 8.96. The number of hydrogen-bond donors (Lipinski definition) is 1. The normalized spacial score (nSPS) is 14.0. The molecule has 0 saturated heterocycles. The van der Waals surface area contributed by atoms with Gasteiger partial charge in [0.1, 0.15) is 17.3 Å². The lowest BCUT2D eigenvalue weighted by Gasteiger charge is -2.38. The van der Waals surface area contributed by atoms with Gasteiger partial charge in [-0.05, 0) is 122 Å². The van der Waals surface area contributed by atoms with Crippen molar-refractivity contribution < 1.29 is 18.7 Å². The Morgan fingerprint density at radius 1 is 1.00 bits per heavy atom. The van der Waals surface area contributed by atoms with Crippen LogP contribution in [0.2, 0.25) is 10.0 Å². The molecule has 1 amide bonds. The van der Waals surface area contributed by atoms with Crippen molar-refractivity contribution >= 4 is 35.3 Å². The lowest BCUT2D eigenvalue weighted by atomic mass is 9.69. The molecular weight excluding hydrogens is 608 g/mol. The quantitative estimate of drug-likeness (QED) is 0.0950. The lowest BCUT2D eigenvalue weighted by Crippen LogP contribution is -2.38. The molecule has 3 aromatic rings. The van der Waals surface area contributed by atoms with E-state index in [1.165, 1.54) is 11.6 Å². The van der Waals surface area contributed by atoms with E-state index >= 15 is 0 Å². The van der Waals surface area contributed by atoms with Crippen LogP contribution in [-0.4, -0.2) is 19.1 Å². The Labute approximate surface area is 278 Å². The summed E-state index contributed by atoms with van der Waals surface area (Å²) in [5, 5.41) is 3.95. The molecule has 3 rings (SSSR count). The van der Waals surface area contributed by atoms with Gasteiger partial charge < -0.3 is 14.8 Å². The van der Waals surface area contributed by atoms with E-state index in [0.29, 0.717) is 52.9 Å². The highest BCUT2D eigenvalue weighted by Gasteiger charge is 2.38. The van der Waals surface area contributed by atoms with Gasteiger partial charge in [-0.3, -0.25) is 4.79 Å². The zero-order chi connectivity index (χ0) is 33.3. The molecule has 7 heteroatoms. The molecule has 0 bridgehead atoms. The first kappa shape index (κ1) is 36.2. The predicted molar refractivity (Wildman–Crippen MR) is 186 cm³/mol. The molecule has 0 aliphatic carbocycles. The van der Waals surface area contributed by atoms with Crippen molar-refractivity contribution in [2.75, 3.05) is 12.4 Å². The summed E-state index contributed by atoms with van der Waals surface area (Å²) in [5.41, 5.74) is 4.66. The van der Waals surface area contributed by atoms with Crippen LogP contribution >= 0.6 is 23.2 Å². The minimum atomic E-state index is -0.763. The maximum Gasteiger partial charge on any atom is 0.211 e. The number of nitrogens with one attached hydrogen (secondary N) is 1. The SMILES string of the molecule is C=C(OC)C(CC)(CC)Oc1ccc(Cl)cc1C(C/C(C)=C\CC)C(c1ccc(Cl)cc1NC=O)C(C)c1cc(F)ccc1C. The molecule has 0 spiro atoms. The molecule has 0 radical (unpaired) electrons. The molecule has 0 fully saturated rings. The van der Waals surface area contributed by atoms with Gasteiger partial charge in [0, 0.05) is 15.7 Å². The van der Waals surface area contributed by atoms with Crippen LogP contribution in [0.5, 0.6) is 5.75 Å². The van der Waals surface area contributed by atoms with Crippen molar-refractivity contribution in [3.05, 3.63) is 117 Å². The first-order valence-corrected chi connectivity index (χ1v) is 16.3. The van der Waals surface area contributed by atoms with Gasteiger partial charge in [-0.25, -0.2) is 4.39 Å². The predicted octanol–water partition coefficient (Wildman–Crippen LogP) is 11.5. The van der Waals surface area contributed by atoms with E-state index in [2.05, 4.69) is 52.6 Å². The molecule has 3 unspecified atom stereocenters. The number of carbonyl (C=O) groups excluding carboxylic acids is 1. The number of methoxy groups -OCH3 is 1. The molecule has 1 N–H and O–H groups in total. The van der Waals surface area contributed by atoms with Crippen molar-refractivity contribution in [2.45, 2.75) is 90.6 Å². The van der Waals surface area contributed by atoms with Gasteiger partial charge in [0.15, 0.2) is 5.60 Å². The van der Waals surface area contributed by atoms with Crippen molar-refractivity contribution in [3.8, 4) is 5.75 Å². The summed E-state index contributed by atoms with van der Waals surface area (Å²) in [6, 6.07) is 16.1. The van der Waals surface area contributed by atoms with Gasteiger partial charge in [0.2, 0.25) is 6.41 Å². The van der Waals surface area contributed by atoms with E-state index in [4.69, 9.17) is 32.7 Å². The maximum absolute atomic E-state index is 14.8. The summed E-state index contributed by atoms with van der Waals surface area (Å²) < 4.78 is 27.4. The second-order valence-corrected chi connectivity index (χ2v) is 12.6. The summed E-state index contributed by atoms with van der Waals surface area (Å²) >= 11 is 13.2. The highest BCUT2D eigenvalue weighted by atomic mass is 35.5. The Bertz CT molecular complexity index is 1510. The minimum absolute atomic E-state index is 0.198. The zero-order valence-electron chi connectivity index (χ0n) is 27.5. The first-order chi connectivity index (χ1) is 21.4. The van der Waals surface area contributed by atoms with Crippen molar-refractivity contribution in [2.24, 2.45) is 0 Å². The van der Waals surface area contributed by atoms with Crippen LogP contribution in [0, 0.1) is 12.7 Å². The molecule has 45 heavy (non-hydrogen) atoms. The van der Waals surface area contributed by atoms with Gasteiger partial charge >= 0.3 is 0 Å². The van der Waals surface area contributed by atoms with Gasteiger partial charge in [-0.15, -0.1) is 0 Å². The van der Waals surface area contributed by atoms with E-state index in [0.717, 1.165) is 28.7 Å².